The van der Waals surface area contributed by atoms with E-state index in [4.69, 9.17) is 5.53 Å². The van der Waals surface area contributed by atoms with Gasteiger partial charge in [-0.25, -0.2) is 4.98 Å². The monoisotopic (exact) mass is 289 g/mol. The maximum atomic E-state index is 13.0. The van der Waals surface area contributed by atoms with E-state index >= 15 is 0 Å². The molecule has 6 nitrogen and oxygen atoms in total. The van der Waals surface area contributed by atoms with Crippen LogP contribution in [0.2, 0.25) is 0 Å². The molecular formula is C16H11N5O. The van der Waals surface area contributed by atoms with Crippen LogP contribution in [-0.2, 0) is 0 Å². The van der Waals surface area contributed by atoms with Crippen LogP contribution in [0, 0.1) is 0 Å². The molecule has 0 spiro atoms. The molecule has 0 N–H and O–H groups in total. The third-order valence-corrected chi connectivity index (χ3v) is 4.09. The summed E-state index contributed by atoms with van der Waals surface area (Å²) < 4.78 is 1.62. The number of para-hydroxylation sites is 1. The number of azide groups is 1. The van der Waals surface area contributed by atoms with Crippen LogP contribution in [0.25, 0.3) is 27.0 Å². The van der Waals surface area contributed by atoms with Crippen LogP contribution in [0.15, 0.2) is 52.4 Å². The van der Waals surface area contributed by atoms with Gasteiger partial charge in [-0.1, -0.05) is 42.4 Å². The van der Waals surface area contributed by atoms with Gasteiger partial charge in [0.2, 0.25) is 0 Å². The van der Waals surface area contributed by atoms with Gasteiger partial charge in [0.1, 0.15) is 5.82 Å². The van der Waals surface area contributed by atoms with Crippen molar-refractivity contribution in [1.82, 2.24) is 9.55 Å². The van der Waals surface area contributed by atoms with Gasteiger partial charge in [0.05, 0.1) is 22.3 Å². The highest BCUT2D eigenvalue weighted by atomic mass is 16.1. The number of hydrogen-bond donors (Lipinski definition) is 0. The Bertz CT molecular complexity index is 1030. The van der Waals surface area contributed by atoms with Crippen LogP contribution in [0.4, 0.5) is 5.69 Å². The molecule has 4 rings (SSSR count). The lowest BCUT2D eigenvalue weighted by Crippen LogP contribution is -2.20. The Hall–Kier alpha value is -3.11. The molecule has 6 heteroatoms. The van der Waals surface area contributed by atoms with E-state index in [9.17, 15) is 4.79 Å². The van der Waals surface area contributed by atoms with Gasteiger partial charge < -0.3 is 0 Å². The standard InChI is InChI=1S/C16H11N5O/c1-9-10-5-2-3-8-13(10)21-15(9)18-11-6-4-7-12(19-20-17)14(11)16(21)22/h2-9H,1H3. The Kier molecular flexibility index (Phi) is 2.55. The van der Waals surface area contributed by atoms with E-state index in [0.717, 1.165) is 17.1 Å². The summed E-state index contributed by atoms with van der Waals surface area (Å²) >= 11 is 0. The molecule has 0 amide bonds. The quantitative estimate of drug-likeness (QED) is 0.388. The van der Waals surface area contributed by atoms with E-state index in [2.05, 4.69) is 15.0 Å². The molecule has 1 aromatic heterocycles. The molecular weight excluding hydrogens is 278 g/mol. The summed E-state index contributed by atoms with van der Waals surface area (Å²) in [6.45, 7) is 2.03. The molecule has 1 atom stereocenters. The molecule has 0 aliphatic carbocycles. The third kappa shape index (κ3) is 1.52. The second-order valence-electron chi connectivity index (χ2n) is 5.25. The van der Waals surface area contributed by atoms with Crippen molar-refractivity contribution < 1.29 is 0 Å². The SMILES string of the molecule is CC1c2ccccc2-n2c1nc1cccc(N=[N+]=[N-])c1c2=O. The maximum absolute atomic E-state index is 13.0. The smallest absolute Gasteiger partial charge is 0.266 e. The van der Waals surface area contributed by atoms with E-state index in [-0.39, 0.29) is 11.5 Å². The fourth-order valence-corrected chi connectivity index (χ4v) is 3.08. The van der Waals surface area contributed by atoms with Gasteiger partial charge in [0, 0.05) is 10.8 Å². The first-order valence-corrected chi connectivity index (χ1v) is 6.92. The molecule has 0 saturated heterocycles. The van der Waals surface area contributed by atoms with Crippen molar-refractivity contribution >= 4 is 16.6 Å². The Labute approximate surface area is 125 Å². The van der Waals surface area contributed by atoms with Crippen molar-refractivity contribution in [3.63, 3.8) is 0 Å². The highest BCUT2D eigenvalue weighted by molar-refractivity contribution is 5.89. The summed E-state index contributed by atoms with van der Waals surface area (Å²) in [5, 5.41) is 3.98. The minimum Gasteiger partial charge on any atom is -0.268 e. The maximum Gasteiger partial charge on any atom is 0.266 e. The summed E-state index contributed by atoms with van der Waals surface area (Å²) in [7, 11) is 0. The van der Waals surface area contributed by atoms with Crippen molar-refractivity contribution in [3.05, 3.63) is 74.6 Å². The lowest BCUT2D eigenvalue weighted by molar-refractivity contribution is 0.823. The predicted molar refractivity (Wildman–Crippen MR) is 83.7 cm³/mol. The highest BCUT2D eigenvalue weighted by Crippen LogP contribution is 2.36. The first-order valence-electron chi connectivity index (χ1n) is 6.92. The molecule has 3 aromatic rings. The van der Waals surface area contributed by atoms with Gasteiger partial charge in [-0.15, -0.1) is 0 Å². The zero-order valence-electron chi connectivity index (χ0n) is 11.8. The molecule has 0 fully saturated rings. The molecule has 0 radical (unpaired) electrons. The molecule has 1 aliphatic heterocycles. The Morgan fingerprint density at radius 2 is 2.05 bits per heavy atom. The van der Waals surface area contributed by atoms with E-state index in [0.29, 0.717) is 16.6 Å². The molecule has 0 bridgehead atoms. The Morgan fingerprint density at radius 3 is 2.86 bits per heavy atom. The van der Waals surface area contributed by atoms with Crippen LogP contribution >= 0.6 is 0 Å². The number of rotatable bonds is 1. The summed E-state index contributed by atoms with van der Waals surface area (Å²) in [6.07, 6.45) is 0. The second kappa shape index (κ2) is 4.44. The van der Waals surface area contributed by atoms with Crippen molar-refractivity contribution in [2.45, 2.75) is 12.8 Å². The van der Waals surface area contributed by atoms with Crippen LogP contribution in [-0.4, -0.2) is 9.55 Å². The highest BCUT2D eigenvalue weighted by Gasteiger charge is 2.28. The average Bonchev–Trinajstić information content (AvgIpc) is 2.82. The number of nitrogens with zero attached hydrogens (tertiary/aromatic N) is 5. The van der Waals surface area contributed by atoms with Gasteiger partial charge >= 0.3 is 0 Å². The number of benzene rings is 2. The fourth-order valence-electron chi connectivity index (χ4n) is 3.08. The molecule has 1 unspecified atom stereocenters. The summed E-state index contributed by atoms with van der Waals surface area (Å²) in [6, 6.07) is 12.9. The molecule has 2 heterocycles. The van der Waals surface area contributed by atoms with Crippen LogP contribution in [0.1, 0.15) is 24.2 Å². The van der Waals surface area contributed by atoms with E-state index in [1.54, 1.807) is 22.8 Å². The molecule has 106 valence electrons. The lowest BCUT2D eigenvalue weighted by atomic mass is 10.0. The van der Waals surface area contributed by atoms with E-state index < -0.39 is 0 Å². The summed E-state index contributed by atoms with van der Waals surface area (Å²) in [5.41, 5.74) is 11.3. The Morgan fingerprint density at radius 1 is 1.23 bits per heavy atom. The van der Waals surface area contributed by atoms with Crippen LogP contribution < -0.4 is 5.56 Å². The fraction of sp³-hybridized carbons (Fsp3) is 0.125. The third-order valence-electron chi connectivity index (χ3n) is 4.09. The van der Waals surface area contributed by atoms with Gasteiger partial charge in [0.15, 0.2) is 0 Å². The van der Waals surface area contributed by atoms with Crippen molar-refractivity contribution in [1.29, 1.82) is 0 Å². The van der Waals surface area contributed by atoms with Gasteiger partial charge in [-0.3, -0.25) is 9.36 Å². The number of hydrogen-bond acceptors (Lipinski definition) is 3. The average molecular weight is 289 g/mol. The minimum atomic E-state index is -0.195. The minimum absolute atomic E-state index is 0.0522. The van der Waals surface area contributed by atoms with Crippen molar-refractivity contribution in [3.8, 4) is 5.69 Å². The number of fused-ring (bicyclic) bond motifs is 4. The second-order valence-corrected chi connectivity index (χ2v) is 5.25. The van der Waals surface area contributed by atoms with E-state index in [1.807, 2.05) is 31.2 Å². The molecule has 0 saturated carbocycles. The van der Waals surface area contributed by atoms with Gasteiger partial charge in [-0.2, -0.15) is 0 Å². The van der Waals surface area contributed by atoms with Crippen molar-refractivity contribution in [2.75, 3.05) is 0 Å². The van der Waals surface area contributed by atoms with Gasteiger partial charge in [-0.05, 0) is 23.2 Å². The predicted octanol–water partition coefficient (Wildman–Crippen LogP) is 3.79. The first-order chi connectivity index (χ1) is 10.7. The first kappa shape index (κ1) is 12.6. The van der Waals surface area contributed by atoms with Crippen LogP contribution in [0.5, 0.6) is 0 Å². The summed E-state index contributed by atoms with van der Waals surface area (Å²) in [5.74, 6) is 0.771. The normalized spacial score (nSPS) is 15.2. The summed E-state index contributed by atoms with van der Waals surface area (Å²) in [4.78, 5) is 20.4. The molecule has 22 heavy (non-hydrogen) atoms. The zero-order chi connectivity index (χ0) is 15.3. The largest absolute Gasteiger partial charge is 0.268 e. The van der Waals surface area contributed by atoms with E-state index in [1.165, 1.54) is 0 Å². The number of aromatic nitrogens is 2. The molecule has 1 aliphatic rings. The zero-order valence-corrected chi connectivity index (χ0v) is 11.8. The topological polar surface area (TPSA) is 83.7 Å². The Balaban J connectivity index is 2.19. The molecule has 2 aromatic carbocycles. The van der Waals surface area contributed by atoms with Gasteiger partial charge in [0.25, 0.3) is 5.56 Å². The van der Waals surface area contributed by atoms with Crippen molar-refractivity contribution in [2.24, 2.45) is 5.11 Å². The van der Waals surface area contributed by atoms with Crippen LogP contribution in [0.3, 0.4) is 0 Å². The lowest BCUT2D eigenvalue weighted by Gasteiger charge is -2.08.